The molecule has 0 bridgehead atoms. The molecule has 0 saturated heterocycles. The lowest BCUT2D eigenvalue weighted by molar-refractivity contribution is 0.413. The second-order valence-corrected chi connectivity index (χ2v) is 4.47. The van der Waals surface area contributed by atoms with Crippen molar-refractivity contribution < 1.29 is 8.81 Å². The average Bonchev–Trinajstić information content (AvgIpc) is 2.83. The van der Waals surface area contributed by atoms with Crippen LogP contribution in [0.3, 0.4) is 0 Å². The van der Waals surface area contributed by atoms with Gasteiger partial charge < -0.3 is 9.73 Å². The van der Waals surface area contributed by atoms with E-state index in [0.717, 1.165) is 11.5 Å². The minimum atomic E-state index is -0.366. The Hall–Kier alpha value is -2.12. The maximum Gasteiger partial charge on any atom is 0.129 e. The Labute approximate surface area is 111 Å². The van der Waals surface area contributed by atoms with E-state index >= 15 is 0 Å². The van der Waals surface area contributed by atoms with Crippen molar-refractivity contribution in [3.05, 3.63) is 58.8 Å². The Balaban J connectivity index is 2.01. The summed E-state index contributed by atoms with van der Waals surface area (Å²) in [6.07, 6.45) is 0. The Morgan fingerprint density at radius 3 is 2.74 bits per heavy atom. The van der Waals surface area contributed by atoms with E-state index in [1.807, 2.05) is 32.0 Å². The van der Waals surface area contributed by atoms with Crippen LogP contribution in [0.2, 0.25) is 0 Å². The molecule has 1 aromatic carbocycles. The van der Waals surface area contributed by atoms with Gasteiger partial charge in [0, 0.05) is 12.1 Å². The largest absolute Gasteiger partial charge is 0.465 e. The highest BCUT2D eigenvalue weighted by Gasteiger charge is 2.10. The van der Waals surface area contributed by atoms with Gasteiger partial charge in [0.15, 0.2) is 0 Å². The van der Waals surface area contributed by atoms with E-state index in [1.165, 1.54) is 6.07 Å². The summed E-state index contributed by atoms with van der Waals surface area (Å²) in [7, 11) is 0. The molecule has 0 aliphatic carbocycles. The monoisotopic (exact) mass is 258 g/mol. The van der Waals surface area contributed by atoms with Crippen LogP contribution in [0.4, 0.5) is 4.39 Å². The van der Waals surface area contributed by atoms with Gasteiger partial charge in [-0.15, -0.1) is 0 Å². The van der Waals surface area contributed by atoms with Crippen LogP contribution < -0.4 is 5.32 Å². The van der Waals surface area contributed by atoms with Crippen LogP contribution in [0.5, 0.6) is 0 Å². The molecule has 0 aliphatic heterocycles. The van der Waals surface area contributed by atoms with Crippen molar-refractivity contribution in [2.45, 2.75) is 26.4 Å². The molecular formula is C15H15FN2O. The first-order chi connectivity index (χ1) is 9.10. The number of nitrogens with zero attached hydrogens (tertiary/aromatic N) is 1. The summed E-state index contributed by atoms with van der Waals surface area (Å²) in [5.41, 5.74) is 0.866. The van der Waals surface area contributed by atoms with E-state index in [0.29, 0.717) is 17.7 Å². The first-order valence-electron chi connectivity index (χ1n) is 6.08. The molecule has 4 heteroatoms. The van der Waals surface area contributed by atoms with Gasteiger partial charge in [-0.05, 0) is 38.1 Å². The van der Waals surface area contributed by atoms with Crippen LogP contribution in [0, 0.1) is 24.1 Å². The predicted molar refractivity (Wildman–Crippen MR) is 69.8 cm³/mol. The normalized spacial score (nSPS) is 12.1. The Morgan fingerprint density at radius 2 is 2.16 bits per heavy atom. The highest BCUT2D eigenvalue weighted by molar-refractivity contribution is 5.32. The fraction of sp³-hybridized carbons (Fsp3) is 0.267. The minimum absolute atomic E-state index is 0.00347. The van der Waals surface area contributed by atoms with Crippen LogP contribution in [-0.2, 0) is 6.54 Å². The van der Waals surface area contributed by atoms with Gasteiger partial charge in [-0.2, -0.15) is 5.26 Å². The molecule has 0 amide bonds. The molecule has 1 aromatic heterocycles. The number of hydrogen-bond acceptors (Lipinski definition) is 3. The second-order valence-electron chi connectivity index (χ2n) is 4.47. The van der Waals surface area contributed by atoms with Gasteiger partial charge in [-0.1, -0.05) is 6.07 Å². The van der Waals surface area contributed by atoms with Crippen molar-refractivity contribution in [2.75, 3.05) is 0 Å². The Morgan fingerprint density at radius 1 is 1.37 bits per heavy atom. The third-order valence-corrected chi connectivity index (χ3v) is 2.97. The van der Waals surface area contributed by atoms with E-state index < -0.39 is 0 Å². The predicted octanol–water partition coefficient (Wildman–Crippen LogP) is 3.45. The summed E-state index contributed by atoms with van der Waals surface area (Å²) < 4.78 is 19.2. The summed E-state index contributed by atoms with van der Waals surface area (Å²) in [6, 6.07) is 10.2. The quantitative estimate of drug-likeness (QED) is 0.913. The van der Waals surface area contributed by atoms with Crippen LogP contribution in [0.25, 0.3) is 0 Å². The molecule has 1 heterocycles. The molecule has 0 saturated carbocycles. The third kappa shape index (κ3) is 3.21. The molecular weight excluding hydrogens is 243 g/mol. The van der Waals surface area contributed by atoms with Crippen LogP contribution in [0.15, 0.2) is 34.7 Å². The number of benzene rings is 1. The molecule has 98 valence electrons. The fourth-order valence-corrected chi connectivity index (χ4v) is 1.81. The summed E-state index contributed by atoms with van der Waals surface area (Å²) in [5, 5.41) is 11.9. The average molecular weight is 258 g/mol. The summed E-state index contributed by atoms with van der Waals surface area (Å²) in [6.45, 7) is 4.23. The van der Waals surface area contributed by atoms with E-state index in [1.54, 1.807) is 12.1 Å². The lowest BCUT2D eigenvalue weighted by Crippen LogP contribution is -2.18. The van der Waals surface area contributed by atoms with E-state index in [4.69, 9.17) is 9.68 Å². The van der Waals surface area contributed by atoms with Gasteiger partial charge in [0.25, 0.3) is 0 Å². The zero-order valence-corrected chi connectivity index (χ0v) is 10.9. The van der Waals surface area contributed by atoms with Gasteiger partial charge in [-0.25, -0.2) is 4.39 Å². The van der Waals surface area contributed by atoms with E-state index in [-0.39, 0.29) is 11.9 Å². The number of halogens is 1. The van der Waals surface area contributed by atoms with Crippen molar-refractivity contribution >= 4 is 0 Å². The number of hydrogen-bond donors (Lipinski definition) is 1. The summed E-state index contributed by atoms with van der Waals surface area (Å²) in [5.74, 6) is 1.31. The number of rotatable bonds is 4. The lowest BCUT2D eigenvalue weighted by Gasteiger charge is -2.12. The smallest absolute Gasteiger partial charge is 0.129 e. The maximum atomic E-state index is 13.7. The van der Waals surface area contributed by atoms with Crippen molar-refractivity contribution in [3.8, 4) is 6.07 Å². The maximum absolute atomic E-state index is 13.7. The van der Waals surface area contributed by atoms with Gasteiger partial charge in [0.1, 0.15) is 17.3 Å². The lowest BCUT2D eigenvalue weighted by atomic mass is 10.1. The van der Waals surface area contributed by atoms with Gasteiger partial charge in [0.2, 0.25) is 0 Å². The Kier molecular flexibility index (Phi) is 3.98. The zero-order valence-electron chi connectivity index (χ0n) is 10.9. The van der Waals surface area contributed by atoms with Crippen molar-refractivity contribution in [1.29, 1.82) is 5.26 Å². The molecule has 0 radical (unpaired) electrons. The molecule has 1 atom stereocenters. The Bertz CT molecular complexity index is 613. The van der Waals surface area contributed by atoms with Crippen molar-refractivity contribution in [2.24, 2.45) is 0 Å². The van der Waals surface area contributed by atoms with E-state index in [9.17, 15) is 4.39 Å². The first kappa shape index (κ1) is 13.3. The minimum Gasteiger partial charge on any atom is -0.465 e. The number of nitriles is 1. The highest BCUT2D eigenvalue weighted by Crippen LogP contribution is 2.17. The molecule has 1 N–H and O–H groups in total. The molecule has 2 rings (SSSR count). The van der Waals surface area contributed by atoms with Crippen molar-refractivity contribution in [3.63, 3.8) is 0 Å². The van der Waals surface area contributed by atoms with Gasteiger partial charge in [0.05, 0.1) is 17.7 Å². The van der Waals surface area contributed by atoms with Gasteiger partial charge >= 0.3 is 0 Å². The van der Waals surface area contributed by atoms with Gasteiger partial charge in [-0.3, -0.25) is 0 Å². The second kappa shape index (κ2) is 5.68. The number of aryl methyl sites for hydroxylation is 1. The molecule has 19 heavy (non-hydrogen) atoms. The fourth-order valence-electron chi connectivity index (χ4n) is 1.81. The topological polar surface area (TPSA) is 49.0 Å². The molecule has 0 spiro atoms. The van der Waals surface area contributed by atoms with Crippen LogP contribution in [0.1, 0.15) is 35.6 Å². The standard InChI is InChI=1S/C15H15FN2O/c1-10-3-6-15(19-10)11(2)18-9-13-5-4-12(8-17)7-14(13)16/h3-7,11,18H,9H2,1-2H3. The molecule has 0 fully saturated rings. The molecule has 1 unspecified atom stereocenters. The number of furan rings is 1. The van der Waals surface area contributed by atoms with Crippen LogP contribution in [-0.4, -0.2) is 0 Å². The molecule has 3 nitrogen and oxygen atoms in total. The molecule has 2 aromatic rings. The SMILES string of the molecule is Cc1ccc(C(C)NCc2ccc(C#N)cc2F)o1. The summed E-state index contributed by atoms with van der Waals surface area (Å²) in [4.78, 5) is 0. The summed E-state index contributed by atoms with van der Waals surface area (Å²) >= 11 is 0. The number of nitrogens with one attached hydrogen (secondary N) is 1. The van der Waals surface area contributed by atoms with E-state index in [2.05, 4.69) is 5.32 Å². The highest BCUT2D eigenvalue weighted by atomic mass is 19.1. The first-order valence-corrected chi connectivity index (χ1v) is 6.08. The van der Waals surface area contributed by atoms with Crippen LogP contribution >= 0.6 is 0 Å². The molecule has 0 aliphatic rings. The van der Waals surface area contributed by atoms with Crippen molar-refractivity contribution in [1.82, 2.24) is 5.32 Å². The zero-order chi connectivity index (χ0) is 13.8. The third-order valence-electron chi connectivity index (χ3n) is 2.97.